The Morgan fingerprint density at radius 3 is 2.74 bits per heavy atom. The summed E-state index contributed by atoms with van der Waals surface area (Å²) < 4.78 is 11.7. The highest BCUT2D eigenvalue weighted by atomic mass is 16.6. The number of carboxylic acids is 1. The van der Waals surface area contributed by atoms with Gasteiger partial charge in [-0.15, -0.1) is 0 Å². The number of para-hydroxylation sites is 1. The SMILES string of the molecule is CC(C)(C)OC(=O)N(c1ccc(C=CC(=O)O)cn1)[C@@H]1CCN(Cc2cc3ccccc3o2)C1. The number of carboxylic acid groups (broad SMARTS) is 1. The molecule has 178 valence electrons. The Bertz CT molecular complexity index is 1160. The highest BCUT2D eigenvalue weighted by molar-refractivity contribution is 5.88. The van der Waals surface area contributed by atoms with E-state index in [1.807, 2.05) is 45.0 Å². The summed E-state index contributed by atoms with van der Waals surface area (Å²) in [5.74, 6) is 0.325. The summed E-state index contributed by atoms with van der Waals surface area (Å²) in [6.07, 6.45) is 4.37. The van der Waals surface area contributed by atoms with Crippen molar-refractivity contribution in [2.75, 3.05) is 18.0 Å². The van der Waals surface area contributed by atoms with Crippen molar-refractivity contribution in [1.29, 1.82) is 0 Å². The molecule has 1 atom stereocenters. The van der Waals surface area contributed by atoms with Crippen LogP contribution in [0.15, 0.2) is 59.2 Å². The summed E-state index contributed by atoms with van der Waals surface area (Å²) >= 11 is 0. The van der Waals surface area contributed by atoms with Crippen molar-refractivity contribution in [2.24, 2.45) is 0 Å². The third kappa shape index (κ3) is 5.82. The Morgan fingerprint density at radius 1 is 1.26 bits per heavy atom. The number of hydrogen-bond acceptors (Lipinski definition) is 6. The summed E-state index contributed by atoms with van der Waals surface area (Å²) in [5.41, 5.74) is 0.851. The van der Waals surface area contributed by atoms with E-state index in [4.69, 9.17) is 14.3 Å². The zero-order valence-corrected chi connectivity index (χ0v) is 19.6. The van der Waals surface area contributed by atoms with Gasteiger partial charge in [-0.05, 0) is 63.1 Å². The van der Waals surface area contributed by atoms with Crippen LogP contribution in [0, 0.1) is 0 Å². The van der Waals surface area contributed by atoms with E-state index in [2.05, 4.69) is 16.0 Å². The quantitative estimate of drug-likeness (QED) is 0.517. The molecule has 1 amide bonds. The lowest BCUT2D eigenvalue weighted by Gasteiger charge is -2.31. The van der Waals surface area contributed by atoms with Gasteiger partial charge in [0, 0.05) is 30.7 Å². The van der Waals surface area contributed by atoms with Crippen LogP contribution in [0.25, 0.3) is 17.0 Å². The molecule has 0 aliphatic carbocycles. The summed E-state index contributed by atoms with van der Waals surface area (Å²) in [5, 5.41) is 9.90. The molecule has 2 aromatic heterocycles. The fraction of sp³-hybridized carbons (Fsp3) is 0.346. The first-order valence-electron chi connectivity index (χ1n) is 11.3. The molecule has 1 fully saturated rings. The third-order valence-corrected chi connectivity index (χ3v) is 5.49. The topological polar surface area (TPSA) is 96.1 Å². The van der Waals surface area contributed by atoms with Crippen molar-refractivity contribution in [2.45, 2.75) is 45.4 Å². The minimum Gasteiger partial charge on any atom is -0.478 e. The molecule has 0 saturated carbocycles. The molecule has 4 rings (SSSR count). The minimum atomic E-state index is -1.03. The Labute approximate surface area is 198 Å². The molecule has 1 N–H and O–H groups in total. The van der Waals surface area contributed by atoms with Gasteiger partial charge in [-0.25, -0.2) is 14.6 Å². The molecule has 3 heterocycles. The first-order chi connectivity index (χ1) is 16.2. The number of nitrogens with zero attached hydrogens (tertiary/aromatic N) is 3. The number of fused-ring (bicyclic) bond motifs is 1. The van der Waals surface area contributed by atoms with E-state index in [1.54, 1.807) is 23.2 Å². The second-order valence-electron chi connectivity index (χ2n) is 9.40. The number of hydrogen-bond donors (Lipinski definition) is 1. The van der Waals surface area contributed by atoms with Gasteiger partial charge in [0.2, 0.25) is 0 Å². The molecule has 0 spiro atoms. The molecule has 1 aliphatic rings. The molecule has 0 unspecified atom stereocenters. The molecule has 1 aromatic carbocycles. The Hall–Kier alpha value is -3.65. The number of pyridine rings is 1. The summed E-state index contributed by atoms with van der Waals surface area (Å²) in [6.45, 7) is 7.61. The number of carbonyl (C=O) groups excluding carboxylic acids is 1. The standard InChI is InChI=1S/C26H29N3O5/c1-26(2,3)34-25(32)29(23-10-8-18(15-27-23)9-11-24(30)31)20-12-13-28(16-20)17-21-14-19-6-4-5-7-22(19)33-21/h4-11,14-15,20H,12-13,16-17H2,1-3H3,(H,30,31)/t20-/m1/s1. The largest absolute Gasteiger partial charge is 0.478 e. The predicted octanol–water partition coefficient (Wildman–Crippen LogP) is 4.94. The smallest absolute Gasteiger partial charge is 0.416 e. The van der Waals surface area contributed by atoms with E-state index in [9.17, 15) is 9.59 Å². The van der Waals surface area contributed by atoms with E-state index in [-0.39, 0.29) is 6.04 Å². The molecule has 1 aliphatic heterocycles. The number of amides is 1. The molecule has 8 heteroatoms. The molecular formula is C26H29N3O5. The van der Waals surface area contributed by atoms with Gasteiger partial charge < -0.3 is 14.3 Å². The number of benzene rings is 1. The average molecular weight is 464 g/mol. The predicted molar refractivity (Wildman–Crippen MR) is 130 cm³/mol. The number of furan rings is 1. The summed E-state index contributed by atoms with van der Waals surface area (Å²) in [4.78, 5) is 32.2. The Kier molecular flexibility index (Phi) is 6.70. The molecule has 34 heavy (non-hydrogen) atoms. The molecule has 1 saturated heterocycles. The highest BCUT2D eigenvalue weighted by Gasteiger charge is 2.35. The van der Waals surface area contributed by atoms with E-state index in [0.29, 0.717) is 24.5 Å². The van der Waals surface area contributed by atoms with Crippen molar-refractivity contribution in [1.82, 2.24) is 9.88 Å². The number of anilines is 1. The number of likely N-dealkylation sites (tertiary alicyclic amines) is 1. The van der Waals surface area contributed by atoms with Crippen molar-refractivity contribution in [3.8, 4) is 0 Å². The van der Waals surface area contributed by atoms with Gasteiger partial charge in [-0.2, -0.15) is 0 Å². The Morgan fingerprint density at radius 2 is 2.06 bits per heavy atom. The average Bonchev–Trinajstić information content (AvgIpc) is 3.38. The van der Waals surface area contributed by atoms with Gasteiger partial charge in [0.25, 0.3) is 0 Å². The maximum absolute atomic E-state index is 13.2. The maximum atomic E-state index is 13.2. The fourth-order valence-corrected chi connectivity index (χ4v) is 4.05. The number of aliphatic carboxylic acids is 1. The van der Waals surface area contributed by atoms with Crippen molar-refractivity contribution < 1.29 is 23.8 Å². The summed E-state index contributed by atoms with van der Waals surface area (Å²) in [6, 6.07) is 13.3. The lowest BCUT2D eigenvalue weighted by molar-refractivity contribution is -0.131. The van der Waals surface area contributed by atoms with E-state index in [0.717, 1.165) is 35.8 Å². The van der Waals surface area contributed by atoms with E-state index < -0.39 is 17.7 Å². The molecule has 8 nitrogen and oxygen atoms in total. The van der Waals surface area contributed by atoms with Crippen LogP contribution in [-0.4, -0.2) is 51.8 Å². The minimum absolute atomic E-state index is 0.118. The van der Waals surface area contributed by atoms with Crippen LogP contribution in [0.2, 0.25) is 0 Å². The lowest BCUT2D eigenvalue weighted by atomic mass is 10.2. The van der Waals surface area contributed by atoms with Crippen LogP contribution in [0.5, 0.6) is 0 Å². The van der Waals surface area contributed by atoms with Gasteiger partial charge in [-0.3, -0.25) is 9.80 Å². The first-order valence-corrected chi connectivity index (χ1v) is 11.3. The van der Waals surface area contributed by atoms with Gasteiger partial charge in [0.1, 0.15) is 22.8 Å². The van der Waals surface area contributed by atoms with Gasteiger partial charge in [0.05, 0.1) is 12.6 Å². The van der Waals surface area contributed by atoms with Crippen LogP contribution in [0.4, 0.5) is 10.6 Å². The molecule has 0 bridgehead atoms. The van der Waals surface area contributed by atoms with Crippen LogP contribution >= 0.6 is 0 Å². The van der Waals surface area contributed by atoms with Crippen LogP contribution in [0.3, 0.4) is 0 Å². The van der Waals surface area contributed by atoms with Gasteiger partial charge in [-0.1, -0.05) is 18.2 Å². The second kappa shape index (κ2) is 9.69. The molecule has 0 radical (unpaired) electrons. The highest BCUT2D eigenvalue weighted by Crippen LogP contribution is 2.27. The maximum Gasteiger partial charge on any atom is 0.416 e. The fourth-order valence-electron chi connectivity index (χ4n) is 4.05. The zero-order valence-electron chi connectivity index (χ0n) is 19.6. The Balaban J connectivity index is 1.51. The van der Waals surface area contributed by atoms with Crippen LogP contribution in [-0.2, 0) is 16.1 Å². The number of carbonyl (C=O) groups is 2. The zero-order chi connectivity index (χ0) is 24.3. The number of aromatic nitrogens is 1. The van der Waals surface area contributed by atoms with Gasteiger partial charge in [0.15, 0.2) is 0 Å². The number of ether oxygens (including phenoxy) is 1. The normalized spacial score (nSPS) is 16.9. The third-order valence-electron chi connectivity index (χ3n) is 5.49. The van der Waals surface area contributed by atoms with Crippen molar-refractivity contribution >= 4 is 34.9 Å². The van der Waals surface area contributed by atoms with E-state index in [1.165, 1.54) is 6.08 Å². The van der Waals surface area contributed by atoms with E-state index >= 15 is 0 Å². The first kappa shape index (κ1) is 23.5. The summed E-state index contributed by atoms with van der Waals surface area (Å²) in [7, 11) is 0. The van der Waals surface area contributed by atoms with Crippen molar-refractivity contribution in [3.63, 3.8) is 0 Å². The second-order valence-corrected chi connectivity index (χ2v) is 9.40. The molecular weight excluding hydrogens is 434 g/mol. The molecule has 3 aromatic rings. The van der Waals surface area contributed by atoms with Gasteiger partial charge >= 0.3 is 12.1 Å². The van der Waals surface area contributed by atoms with Crippen molar-refractivity contribution in [3.05, 3.63) is 66.1 Å². The monoisotopic (exact) mass is 463 g/mol. The lowest BCUT2D eigenvalue weighted by Crippen LogP contribution is -2.45. The van der Waals surface area contributed by atoms with Crippen LogP contribution in [0.1, 0.15) is 38.5 Å². The number of rotatable bonds is 6. The van der Waals surface area contributed by atoms with Crippen LogP contribution < -0.4 is 4.90 Å².